The van der Waals surface area contributed by atoms with E-state index in [1.54, 1.807) is 6.20 Å². The van der Waals surface area contributed by atoms with Crippen LogP contribution in [-0.4, -0.2) is 9.78 Å². The predicted octanol–water partition coefficient (Wildman–Crippen LogP) is 3.18. The van der Waals surface area contributed by atoms with Crippen LogP contribution in [0.15, 0.2) is 36.7 Å². The van der Waals surface area contributed by atoms with Gasteiger partial charge in [-0.05, 0) is 18.9 Å². The van der Waals surface area contributed by atoms with Crippen molar-refractivity contribution in [1.29, 1.82) is 0 Å². The van der Waals surface area contributed by atoms with Crippen LogP contribution in [0.3, 0.4) is 0 Å². The molecule has 0 bridgehead atoms. The first-order chi connectivity index (χ1) is 8.28. The van der Waals surface area contributed by atoms with Gasteiger partial charge in [0.05, 0.1) is 12.4 Å². The molecule has 0 atom stereocenters. The molecule has 0 unspecified atom stereocenters. The molecule has 1 aromatic carbocycles. The topological polar surface area (TPSA) is 27.1 Å². The molecule has 2 rings (SSSR count). The van der Waals surface area contributed by atoms with Crippen LogP contribution in [0, 0.1) is 6.92 Å². The molecule has 1 heterocycles. The van der Waals surface area contributed by atoms with Gasteiger partial charge in [0.15, 0.2) is 5.75 Å². The molecule has 3 heteroatoms. The summed E-state index contributed by atoms with van der Waals surface area (Å²) in [6.07, 6.45) is 4.80. The molecule has 2 aromatic rings. The Hall–Kier alpha value is -1.77. The average Bonchev–Trinajstić information content (AvgIpc) is 2.75. The minimum absolute atomic E-state index is 0.597. The van der Waals surface area contributed by atoms with Crippen molar-refractivity contribution in [2.45, 2.75) is 33.4 Å². The monoisotopic (exact) mass is 230 g/mol. The Bertz CT molecular complexity index is 477. The maximum Gasteiger partial charge on any atom is 0.157 e. The first kappa shape index (κ1) is 11.7. The molecular weight excluding hydrogens is 212 g/mol. The summed E-state index contributed by atoms with van der Waals surface area (Å²) in [6, 6.07) is 8.34. The summed E-state index contributed by atoms with van der Waals surface area (Å²) in [5.74, 6) is 0.833. The summed E-state index contributed by atoms with van der Waals surface area (Å²) >= 11 is 0. The molecule has 0 saturated carbocycles. The summed E-state index contributed by atoms with van der Waals surface area (Å²) in [4.78, 5) is 0. The fourth-order valence-corrected chi connectivity index (χ4v) is 1.74. The summed E-state index contributed by atoms with van der Waals surface area (Å²) in [7, 11) is 0. The van der Waals surface area contributed by atoms with Crippen LogP contribution in [0.2, 0.25) is 0 Å². The van der Waals surface area contributed by atoms with Gasteiger partial charge in [-0.1, -0.05) is 36.8 Å². The molecule has 17 heavy (non-hydrogen) atoms. The lowest BCUT2D eigenvalue weighted by molar-refractivity contribution is 0.305. The molecule has 0 amide bonds. The Morgan fingerprint density at radius 1 is 1.35 bits per heavy atom. The largest absolute Gasteiger partial charge is 0.486 e. The fourth-order valence-electron chi connectivity index (χ4n) is 1.74. The number of aryl methyl sites for hydroxylation is 2. The van der Waals surface area contributed by atoms with Crippen LogP contribution < -0.4 is 4.74 Å². The third-order valence-corrected chi connectivity index (χ3v) is 2.55. The Morgan fingerprint density at radius 2 is 2.24 bits per heavy atom. The second-order valence-electron chi connectivity index (χ2n) is 4.22. The van der Waals surface area contributed by atoms with E-state index in [4.69, 9.17) is 4.74 Å². The van der Waals surface area contributed by atoms with Gasteiger partial charge >= 0.3 is 0 Å². The normalized spacial score (nSPS) is 10.5. The number of rotatable bonds is 5. The lowest BCUT2D eigenvalue weighted by Crippen LogP contribution is -1.96. The molecule has 3 nitrogen and oxygen atoms in total. The SMILES string of the molecule is CCCn1cc(OCc2cccc(C)c2)cn1. The fraction of sp³-hybridized carbons (Fsp3) is 0.357. The molecule has 0 aliphatic carbocycles. The number of hydrogen-bond donors (Lipinski definition) is 0. The lowest BCUT2D eigenvalue weighted by atomic mass is 10.1. The molecule has 0 spiro atoms. The van der Waals surface area contributed by atoms with Crippen molar-refractivity contribution >= 4 is 0 Å². The second kappa shape index (κ2) is 5.53. The third kappa shape index (κ3) is 3.34. The third-order valence-electron chi connectivity index (χ3n) is 2.55. The molecule has 0 aliphatic heterocycles. The van der Waals surface area contributed by atoms with E-state index in [0.717, 1.165) is 18.7 Å². The minimum atomic E-state index is 0.597. The van der Waals surface area contributed by atoms with Crippen molar-refractivity contribution in [2.24, 2.45) is 0 Å². The number of nitrogens with zero attached hydrogens (tertiary/aromatic N) is 2. The number of benzene rings is 1. The van der Waals surface area contributed by atoms with E-state index in [1.165, 1.54) is 11.1 Å². The Morgan fingerprint density at radius 3 is 3.00 bits per heavy atom. The predicted molar refractivity (Wildman–Crippen MR) is 68.0 cm³/mol. The molecule has 0 fully saturated rings. The van der Waals surface area contributed by atoms with Crippen molar-refractivity contribution in [3.63, 3.8) is 0 Å². The van der Waals surface area contributed by atoms with Crippen molar-refractivity contribution in [3.8, 4) is 5.75 Å². The molecule has 0 radical (unpaired) electrons. The molecule has 90 valence electrons. The van der Waals surface area contributed by atoms with Gasteiger partial charge in [-0.15, -0.1) is 0 Å². The van der Waals surface area contributed by atoms with Gasteiger partial charge in [-0.3, -0.25) is 4.68 Å². The van der Waals surface area contributed by atoms with Crippen LogP contribution >= 0.6 is 0 Å². The summed E-state index contributed by atoms with van der Waals surface area (Å²) in [5, 5.41) is 4.23. The van der Waals surface area contributed by atoms with Gasteiger partial charge in [-0.25, -0.2) is 0 Å². The zero-order valence-corrected chi connectivity index (χ0v) is 10.4. The lowest BCUT2D eigenvalue weighted by Gasteiger charge is -2.04. The van der Waals surface area contributed by atoms with Crippen molar-refractivity contribution in [1.82, 2.24) is 9.78 Å². The van der Waals surface area contributed by atoms with Gasteiger partial charge in [0.2, 0.25) is 0 Å². The van der Waals surface area contributed by atoms with E-state index >= 15 is 0 Å². The average molecular weight is 230 g/mol. The molecule has 0 saturated heterocycles. The highest BCUT2D eigenvalue weighted by atomic mass is 16.5. The van der Waals surface area contributed by atoms with E-state index in [1.807, 2.05) is 10.9 Å². The maximum absolute atomic E-state index is 5.69. The number of hydrogen-bond acceptors (Lipinski definition) is 2. The maximum atomic E-state index is 5.69. The van der Waals surface area contributed by atoms with Gasteiger partial charge in [-0.2, -0.15) is 5.10 Å². The van der Waals surface area contributed by atoms with E-state index in [2.05, 4.69) is 43.2 Å². The van der Waals surface area contributed by atoms with Gasteiger partial charge in [0.25, 0.3) is 0 Å². The Balaban J connectivity index is 1.93. The highest BCUT2D eigenvalue weighted by Gasteiger charge is 1.99. The van der Waals surface area contributed by atoms with E-state index in [9.17, 15) is 0 Å². The van der Waals surface area contributed by atoms with E-state index in [-0.39, 0.29) is 0 Å². The van der Waals surface area contributed by atoms with E-state index in [0.29, 0.717) is 6.61 Å². The van der Waals surface area contributed by atoms with Crippen molar-refractivity contribution in [2.75, 3.05) is 0 Å². The molecular formula is C14H18N2O. The Kier molecular flexibility index (Phi) is 3.81. The number of aromatic nitrogens is 2. The first-order valence-corrected chi connectivity index (χ1v) is 5.98. The van der Waals surface area contributed by atoms with Crippen LogP contribution in [0.4, 0.5) is 0 Å². The Labute approximate surface area is 102 Å². The van der Waals surface area contributed by atoms with Crippen molar-refractivity contribution in [3.05, 3.63) is 47.8 Å². The standard InChI is InChI=1S/C14H18N2O/c1-3-7-16-10-14(9-15-16)17-11-13-6-4-5-12(2)8-13/h4-6,8-10H,3,7,11H2,1-2H3. The highest BCUT2D eigenvalue weighted by molar-refractivity contribution is 5.22. The van der Waals surface area contributed by atoms with Crippen LogP contribution in [0.25, 0.3) is 0 Å². The molecule has 0 N–H and O–H groups in total. The number of ether oxygens (including phenoxy) is 1. The van der Waals surface area contributed by atoms with Crippen LogP contribution in [0.1, 0.15) is 24.5 Å². The zero-order valence-electron chi connectivity index (χ0n) is 10.4. The quantitative estimate of drug-likeness (QED) is 0.788. The van der Waals surface area contributed by atoms with Crippen LogP contribution in [0.5, 0.6) is 5.75 Å². The van der Waals surface area contributed by atoms with Crippen LogP contribution in [-0.2, 0) is 13.2 Å². The summed E-state index contributed by atoms with van der Waals surface area (Å²) < 4.78 is 7.60. The van der Waals surface area contributed by atoms with Crippen molar-refractivity contribution < 1.29 is 4.74 Å². The first-order valence-electron chi connectivity index (χ1n) is 5.98. The summed E-state index contributed by atoms with van der Waals surface area (Å²) in [6.45, 7) is 5.75. The van der Waals surface area contributed by atoms with Gasteiger partial charge in [0.1, 0.15) is 6.61 Å². The smallest absolute Gasteiger partial charge is 0.157 e. The zero-order chi connectivity index (χ0) is 12.1. The summed E-state index contributed by atoms with van der Waals surface area (Å²) in [5.41, 5.74) is 2.45. The van der Waals surface area contributed by atoms with Gasteiger partial charge < -0.3 is 4.74 Å². The minimum Gasteiger partial charge on any atom is -0.486 e. The second-order valence-corrected chi connectivity index (χ2v) is 4.22. The van der Waals surface area contributed by atoms with E-state index < -0.39 is 0 Å². The molecule has 0 aliphatic rings. The molecule has 1 aromatic heterocycles. The van der Waals surface area contributed by atoms with Gasteiger partial charge in [0, 0.05) is 6.54 Å². The highest BCUT2D eigenvalue weighted by Crippen LogP contribution is 2.12.